The average Bonchev–Trinajstić information content (AvgIpc) is 2.66. The summed E-state index contributed by atoms with van der Waals surface area (Å²) in [6.45, 7) is 8.72. The van der Waals surface area contributed by atoms with Gasteiger partial charge in [0.2, 0.25) is 0 Å². The molecule has 0 spiro atoms. The van der Waals surface area contributed by atoms with Crippen LogP contribution in [0.1, 0.15) is 67.7 Å². The number of aryl methyl sites for hydroxylation is 2. The lowest BCUT2D eigenvalue weighted by Gasteiger charge is -2.34. The molecule has 2 nitrogen and oxygen atoms in total. The lowest BCUT2D eigenvalue weighted by atomic mass is 9.74. The van der Waals surface area contributed by atoms with E-state index in [1.165, 1.54) is 43.2 Å². The molecule has 1 aliphatic rings. The summed E-state index contributed by atoms with van der Waals surface area (Å²) in [6, 6.07) is 0.465. The van der Waals surface area contributed by atoms with Crippen LogP contribution < -0.4 is 5.32 Å². The molecule has 0 bridgehead atoms. The standard InChI is InChI=1S/C17H29NO/c1-6-14-8-7-9-15(10-14)17(18-5)16-11(2)12(3)19-13(16)4/h14-15,17-18H,6-10H2,1-5H3. The van der Waals surface area contributed by atoms with E-state index >= 15 is 0 Å². The van der Waals surface area contributed by atoms with Gasteiger partial charge in [0.15, 0.2) is 0 Å². The molecule has 3 unspecified atom stereocenters. The Labute approximate surface area is 118 Å². The number of hydrogen-bond acceptors (Lipinski definition) is 2. The number of hydrogen-bond donors (Lipinski definition) is 1. The maximum absolute atomic E-state index is 5.83. The fourth-order valence-electron chi connectivity index (χ4n) is 3.89. The summed E-state index contributed by atoms with van der Waals surface area (Å²) in [5.74, 6) is 3.87. The van der Waals surface area contributed by atoms with E-state index in [9.17, 15) is 0 Å². The third-order valence-electron chi connectivity index (χ3n) is 5.11. The highest BCUT2D eigenvalue weighted by atomic mass is 16.3. The van der Waals surface area contributed by atoms with Gasteiger partial charge in [-0.2, -0.15) is 0 Å². The van der Waals surface area contributed by atoms with E-state index in [4.69, 9.17) is 4.42 Å². The van der Waals surface area contributed by atoms with E-state index in [0.717, 1.165) is 23.4 Å². The van der Waals surface area contributed by atoms with Crippen LogP contribution in [0.4, 0.5) is 0 Å². The van der Waals surface area contributed by atoms with Crippen molar-refractivity contribution in [3.05, 3.63) is 22.6 Å². The zero-order chi connectivity index (χ0) is 14.0. The molecule has 1 fully saturated rings. The van der Waals surface area contributed by atoms with Gasteiger partial charge >= 0.3 is 0 Å². The molecule has 1 heterocycles. The summed E-state index contributed by atoms with van der Waals surface area (Å²) in [5.41, 5.74) is 2.76. The fraction of sp³-hybridized carbons (Fsp3) is 0.765. The van der Waals surface area contributed by atoms with Crippen LogP contribution in [-0.4, -0.2) is 7.05 Å². The highest BCUT2D eigenvalue weighted by molar-refractivity contribution is 5.34. The van der Waals surface area contributed by atoms with Crippen molar-refractivity contribution in [2.75, 3.05) is 7.05 Å². The fourth-order valence-corrected chi connectivity index (χ4v) is 3.89. The predicted octanol–water partition coefficient (Wildman–Crippen LogP) is 4.68. The van der Waals surface area contributed by atoms with Gasteiger partial charge in [-0.05, 0) is 58.1 Å². The SMILES string of the molecule is CCC1CCCC(C(NC)c2c(C)oc(C)c2C)C1. The number of rotatable bonds is 4. The Morgan fingerprint density at radius 1 is 1.21 bits per heavy atom. The molecule has 0 radical (unpaired) electrons. The first kappa shape index (κ1) is 14.6. The first-order chi connectivity index (χ1) is 9.08. The van der Waals surface area contributed by atoms with Crippen molar-refractivity contribution in [1.82, 2.24) is 5.32 Å². The van der Waals surface area contributed by atoms with E-state index in [1.54, 1.807) is 0 Å². The van der Waals surface area contributed by atoms with Gasteiger partial charge in [-0.1, -0.05) is 26.2 Å². The Hall–Kier alpha value is -0.760. The topological polar surface area (TPSA) is 25.2 Å². The molecule has 0 amide bonds. The third-order valence-corrected chi connectivity index (χ3v) is 5.11. The second kappa shape index (κ2) is 6.13. The molecule has 1 aliphatic carbocycles. The van der Waals surface area contributed by atoms with Gasteiger partial charge in [0, 0.05) is 11.6 Å². The van der Waals surface area contributed by atoms with E-state index in [-0.39, 0.29) is 0 Å². The molecule has 19 heavy (non-hydrogen) atoms. The smallest absolute Gasteiger partial charge is 0.106 e. The van der Waals surface area contributed by atoms with Gasteiger partial charge in [-0.15, -0.1) is 0 Å². The molecule has 1 N–H and O–H groups in total. The molecular formula is C17H29NO. The minimum Gasteiger partial charge on any atom is -0.466 e. The molecule has 2 rings (SSSR count). The molecule has 0 saturated heterocycles. The number of furan rings is 1. The van der Waals surface area contributed by atoms with Gasteiger partial charge in [-0.25, -0.2) is 0 Å². The quantitative estimate of drug-likeness (QED) is 0.853. The molecule has 0 aromatic carbocycles. The first-order valence-electron chi connectivity index (χ1n) is 7.82. The largest absolute Gasteiger partial charge is 0.466 e. The van der Waals surface area contributed by atoms with Crippen molar-refractivity contribution in [3.63, 3.8) is 0 Å². The third kappa shape index (κ3) is 2.89. The van der Waals surface area contributed by atoms with E-state index in [0.29, 0.717) is 6.04 Å². The normalized spacial score (nSPS) is 25.5. The lowest BCUT2D eigenvalue weighted by Crippen LogP contribution is -2.30. The summed E-state index contributed by atoms with van der Waals surface area (Å²) >= 11 is 0. The summed E-state index contributed by atoms with van der Waals surface area (Å²) in [7, 11) is 2.10. The summed E-state index contributed by atoms with van der Waals surface area (Å²) in [6.07, 6.45) is 6.85. The second-order valence-electron chi connectivity index (χ2n) is 6.22. The molecule has 108 valence electrons. The van der Waals surface area contributed by atoms with Crippen LogP contribution >= 0.6 is 0 Å². The van der Waals surface area contributed by atoms with Crippen molar-refractivity contribution >= 4 is 0 Å². The van der Waals surface area contributed by atoms with Crippen LogP contribution in [0.5, 0.6) is 0 Å². The highest BCUT2D eigenvalue weighted by Crippen LogP contribution is 2.41. The minimum atomic E-state index is 0.465. The molecule has 1 aromatic rings. The summed E-state index contributed by atoms with van der Waals surface area (Å²) < 4.78 is 5.83. The van der Waals surface area contributed by atoms with Crippen molar-refractivity contribution < 1.29 is 4.42 Å². The summed E-state index contributed by atoms with van der Waals surface area (Å²) in [4.78, 5) is 0. The zero-order valence-electron chi connectivity index (χ0n) is 13.2. The molecule has 2 heteroatoms. The van der Waals surface area contributed by atoms with Crippen LogP contribution in [0.15, 0.2) is 4.42 Å². The Morgan fingerprint density at radius 3 is 2.47 bits per heavy atom. The highest BCUT2D eigenvalue weighted by Gasteiger charge is 2.31. The average molecular weight is 263 g/mol. The molecule has 1 aromatic heterocycles. The van der Waals surface area contributed by atoms with Crippen LogP contribution in [0.2, 0.25) is 0 Å². The Balaban J connectivity index is 2.24. The van der Waals surface area contributed by atoms with Gasteiger partial charge in [0.05, 0.1) is 0 Å². The second-order valence-corrected chi connectivity index (χ2v) is 6.22. The van der Waals surface area contributed by atoms with E-state index in [1.807, 2.05) is 0 Å². The van der Waals surface area contributed by atoms with Gasteiger partial charge in [-0.3, -0.25) is 0 Å². The summed E-state index contributed by atoms with van der Waals surface area (Å²) in [5, 5.41) is 3.57. The van der Waals surface area contributed by atoms with Gasteiger partial charge in [0.1, 0.15) is 11.5 Å². The lowest BCUT2D eigenvalue weighted by molar-refractivity contribution is 0.213. The molecule has 0 aliphatic heterocycles. The van der Waals surface area contributed by atoms with Crippen molar-refractivity contribution in [2.45, 2.75) is 65.8 Å². The number of nitrogens with one attached hydrogen (secondary N) is 1. The van der Waals surface area contributed by atoms with Crippen molar-refractivity contribution in [3.8, 4) is 0 Å². The minimum absolute atomic E-state index is 0.465. The maximum atomic E-state index is 5.83. The molecule has 3 atom stereocenters. The Morgan fingerprint density at radius 2 is 1.95 bits per heavy atom. The van der Waals surface area contributed by atoms with Crippen molar-refractivity contribution in [1.29, 1.82) is 0 Å². The Kier molecular flexibility index (Phi) is 4.72. The van der Waals surface area contributed by atoms with Crippen LogP contribution in [0.25, 0.3) is 0 Å². The first-order valence-corrected chi connectivity index (χ1v) is 7.82. The van der Waals surface area contributed by atoms with E-state index < -0.39 is 0 Å². The van der Waals surface area contributed by atoms with E-state index in [2.05, 4.69) is 40.1 Å². The Bertz CT molecular complexity index is 421. The molecule has 1 saturated carbocycles. The monoisotopic (exact) mass is 263 g/mol. The van der Waals surface area contributed by atoms with Crippen LogP contribution in [0, 0.1) is 32.6 Å². The van der Waals surface area contributed by atoms with Gasteiger partial charge in [0.25, 0.3) is 0 Å². The van der Waals surface area contributed by atoms with Crippen LogP contribution in [-0.2, 0) is 0 Å². The zero-order valence-corrected chi connectivity index (χ0v) is 13.2. The van der Waals surface area contributed by atoms with Crippen molar-refractivity contribution in [2.24, 2.45) is 11.8 Å². The van der Waals surface area contributed by atoms with Crippen LogP contribution in [0.3, 0.4) is 0 Å². The predicted molar refractivity (Wildman–Crippen MR) is 80.5 cm³/mol. The van der Waals surface area contributed by atoms with Gasteiger partial charge < -0.3 is 9.73 Å². The maximum Gasteiger partial charge on any atom is 0.106 e. The molecular weight excluding hydrogens is 234 g/mol.